The molecule has 2 aliphatic rings. The van der Waals surface area contributed by atoms with E-state index in [-0.39, 0.29) is 28.0 Å². The summed E-state index contributed by atoms with van der Waals surface area (Å²) in [6.07, 6.45) is -0.282. The molecule has 0 aromatic rings. The molecule has 2 amide bonds. The van der Waals surface area contributed by atoms with Crippen molar-refractivity contribution in [1.82, 2.24) is 10.6 Å². The molecule has 8 nitrogen and oxygen atoms in total. The second-order valence-electron chi connectivity index (χ2n) is 5.05. The number of ketones is 1. The zero-order valence-electron chi connectivity index (χ0n) is 12.3. The van der Waals surface area contributed by atoms with Crippen LogP contribution >= 0.6 is 0 Å². The zero-order chi connectivity index (χ0) is 17.3. The Kier molecular flexibility index (Phi) is 4.12. The topological polar surface area (TPSA) is 143 Å². The summed E-state index contributed by atoms with van der Waals surface area (Å²) in [5.41, 5.74) is 0.0284. The lowest BCUT2D eigenvalue weighted by molar-refractivity contribution is -0.130. The Morgan fingerprint density at radius 1 is 1.13 bits per heavy atom. The van der Waals surface area contributed by atoms with Crippen LogP contribution in [-0.4, -0.2) is 28.9 Å². The molecule has 116 valence electrons. The second kappa shape index (κ2) is 5.87. The molecule has 2 aliphatic heterocycles. The van der Waals surface area contributed by atoms with Crippen LogP contribution in [0.15, 0.2) is 34.1 Å². The maximum absolute atomic E-state index is 12.2. The number of aliphatic hydroxyl groups is 1. The molecule has 2 heterocycles. The standard InChI is InChI=1S/C15H12N4O4/c1-6-8(13(21)19-15(23)10(6)4-16)3-9-12(20)11(5-17)7(2)18-14(9)22/h3,9,13,21H,1-2H3,(H,18,22)(H,19,23)/b8-3-. The van der Waals surface area contributed by atoms with Crippen LogP contribution in [-0.2, 0) is 14.4 Å². The summed E-state index contributed by atoms with van der Waals surface area (Å²) in [6, 6.07) is 3.44. The van der Waals surface area contributed by atoms with Gasteiger partial charge >= 0.3 is 0 Å². The second-order valence-corrected chi connectivity index (χ2v) is 5.05. The SMILES string of the molecule is CC1=C(C#N)C(=O)C(/C=C2/C(C)=C(C#N)C(=O)NC2O)C(=O)N1. The molecule has 2 unspecified atom stereocenters. The number of nitriles is 2. The first-order valence-electron chi connectivity index (χ1n) is 6.59. The van der Waals surface area contributed by atoms with Gasteiger partial charge in [0.15, 0.2) is 12.0 Å². The minimum atomic E-state index is -1.45. The van der Waals surface area contributed by atoms with Gasteiger partial charge in [-0.2, -0.15) is 10.5 Å². The van der Waals surface area contributed by atoms with Crippen molar-refractivity contribution in [2.24, 2.45) is 5.92 Å². The molecule has 0 aromatic carbocycles. The van der Waals surface area contributed by atoms with Crippen molar-refractivity contribution in [3.8, 4) is 12.1 Å². The molecule has 0 spiro atoms. The smallest absolute Gasteiger partial charge is 0.264 e. The molecule has 0 saturated carbocycles. The first-order chi connectivity index (χ1) is 10.8. The number of aliphatic hydroxyl groups excluding tert-OH is 1. The summed E-state index contributed by atoms with van der Waals surface area (Å²) in [5, 5.41) is 32.5. The van der Waals surface area contributed by atoms with E-state index < -0.39 is 29.7 Å². The first-order valence-corrected chi connectivity index (χ1v) is 6.59. The summed E-state index contributed by atoms with van der Waals surface area (Å²) >= 11 is 0. The maximum Gasteiger partial charge on any atom is 0.264 e. The van der Waals surface area contributed by atoms with Crippen molar-refractivity contribution >= 4 is 17.6 Å². The van der Waals surface area contributed by atoms with E-state index in [2.05, 4.69) is 10.6 Å². The summed E-state index contributed by atoms with van der Waals surface area (Å²) < 4.78 is 0. The third kappa shape index (κ3) is 2.63. The van der Waals surface area contributed by atoms with Crippen molar-refractivity contribution in [3.63, 3.8) is 0 Å². The van der Waals surface area contributed by atoms with Crippen LogP contribution in [0.5, 0.6) is 0 Å². The van der Waals surface area contributed by atoms with Gasteiger partial charge in [0.2, 0.25) is 5.91 Å². The third-order valence-electron chi connectivity index (χ3n) is 3.66. The predicted molar refractivity (Wildman–Crippen MR) is 75.5 cm³/mol. The van der Waals surface area contributed by atoms with Crippen LogP contribution in [0.3, 0.4) is 0 Å². The predicted octanol–water partition coefficient (Wildman–Crippen LogP) is -0.686. The molecule has 2 atom stereocenters. The highest BCUT2D eigenvalue weighted by molar-refractivity contribution is 6.16. The molecular weight excluding hydrogens is 300 g/mol. The highest BCUT2D eigenvalue weighted by Crippen LogP contribution is 2.26. The molecule has 0 saturated heterocycles. The molecule has 0 fully saturated rings. The van der Waals surface area contributed by atoms with Crippen molar-refractivity contribution in [2.45, 2.75) is 20.1 Å². The molecular formula is C15H12N4O4. The lowest BCUT2D eigenvalue weighted by atomic mass is 9.87. The Hall–Kier alpha value is -3.23. The van der Waals surface area contributed by atoms with Crippen molar-refractivity contribution in [3.05, 3.63) is 34.1 Å². The minimum Gasteiger partial charge on any atom is -0.369 e. The highest BCUT2D eigenvalue weighted by Gasteiger charge is 2.36. The van der Waals surface area contributed by atoms with Crippen LogP contribution < -0.4 is 10.6 Å². The van der Waals surface area contributed by atoms with Crippen molar-refractivity contribution in [1.29, 1.82) is 10.5 Å². The number of hydrogen-bond acceptors (Lipinski definition) is 6. The molecule has 0 radical (unpaired) electrons. The average Bonchev–Trinajstić information content (AvgIpc) is 2.46. The number of amides is 2. The van der Waals surface area contributed by atoms with Crippen LogP contribution in [0.25, 0.3) is 0 Å². The number of allylic oxidation sites excluding steroid dienone is 2. The number of Topliss-reactive ketones (excluding diaryl/α,β-unsaturated/α-hetero) is 1. The van der Waals surface area contributed by atoms with Gasteiger partial charge in [0.1, 0.15) is 29.2 Å². The van der Waals surface area contributed by atoms with Crippen LogP contribution in [0, 0.1) is 28.6 Å². The fourth-order valence-electron chi connectivity index (χ4n) is 2.40. The zero-order valence-corrected chi connectivity index (χ0v) is 12.3. The molecule has 0 bridgehead atoms. The first kappa shape index (κ1) is 16.1. The van der Waals surface area contributed by atoms with E-state index >= 15 is 0 Å². The van der Waals surface area contributed by atoms with E-state index in [1.165, 1.54) is 13.8 Å². The van der Waals surface area contributed by atoms with E-state index in [0.29, 0.717) is 0 Å². The number of carbonyl (C=O) groups excluding carboxylic acids is 3. The average molecular weight is 312 g/mol. The van der Waals surface area contributed by atoms with E-state index in [1.807, 2.05) is 0 Å². The molecule has 2 rings (SSSR count). The van der Waals surface area contributed by atoms with E-state index in [9.17, 15) is 19.5 Å². The number of carbonyl (C=O) groups is 3. The van der Waals surface area contributed by atoms with Gasteiger partial charge in [0, 0.05) is 11.3 Å². The monoisotopic (exact) mass is 312 g/mol. The van der Waals surface area contributed by atoms with E-state index in [4.69, 9.17) is 10.5 Å². The number of hydrogen-bond donors (Lipinski definition) is 3. The summed E-state index contributed by atoms with van der Waals surface area (Å²) in [6.45, 7) is 2.87. The third-order valence-corrected chi connectivity index (χ3v) is 3.66. The normalized spacial score (nSPS) is 26.7. The Bertz CT molecular complexity index is 804. The van der Waals surface area contributed by atoms with Crippen molar-refractivity contribution in [2.75, 3.05) is 0 Å². The summed E-state index contributed by atoms with van der Waals surface area (Å²) in [5.74, 6) is -3.39. The summed E-state index contributed by atoms with van der Waals surface area (Å²) in [4.78, 5) is 35.8. The maximum atomic E-state index is 12.2. The van der Waals surface area contributed by atoms with Gasteiger partial charge in [-0.05, 0) is 19.4 Å². The van der Waals surface area contributed by atoms with E-state index in [1.54, 1.807) is 12.1 Å². The fraction of sp³-hybridized carbons (Fsp3) is 0.267. The lowest BCUT2D eigenvalue weighted by Crippen LogP contribution is -2.44. The molecule has 0 aromatic heterocycles. The Morgan fingerprint density at radius 3 is 2.30 bits per heavy atom. The Morgan fingerprint density at radius 2 is 1.74 bits per heavy atom. The van der Waals surface area contributed by atoms with E-state index in [0.717, 1.165) is 6.08 Å². The van der Waals surface area contributed by atoms with Crippen molar-refractivity contribution < 1.29 is 19.5 Å². The Labute approximate surface area is 131 Å². The number of nitrogens with zero attached hydrogens (tertiary/aromatic N) is 2. The lowest BCUT2D eigenvalue weighted by Gasteiger charge is -2.26. The van der Waals surface area contributed by atoms with Gasteiger partial charge in [0.25, 0.3) is 5.91 Å². The van der Waals surface area contributed by atoms with Crippen LogP contribution in [0.2, 0.25) is 0 Å². The van der Waals surface area contributed by atoms with Gasteiger partial charge in [-0.15, -0.1) is 0 Å². The quantitative estimate of drug-likeness (QED) is 0.547. The van der Waals surface area contributed by atoms with Gasteiger partial charge in [-0.3, -0.25) is 14.4 Å². The molecule has 3 N–H and O–H groups in total. The fourth-order valence-corrected chi connectivity index (χ4v) is 2.40. The Balaban J connectivity index is 2.54. The number of nitrogens with one attached hydrogen (secondary N) is 2. The van der Waals surface area contributed by atoms with Gasteiger partial charge in [-0.1, -0.05) is 6.08 Å². The van der Waals surface area contributed by atoms with Gasteiger partial charge < -0.3 is 15.7 Å². The van der Waals surface area contributed by atoms with Gasteiger partial charge in [-0.25, -0.2) is 0 Å². The largest absolute Gasteiger partial charge is 0.369 e. The van der Waals surface area contributed by atoms with Crippen LogP contribution in [0.4, 0.5) is 0 Å². The molecule has 23 heavy (non-hydrogen) atoms. The van der Waals surface area contributed by atoms with Gasteiger partial charge in [0.05, 0.1) is 0 Å². The van der Waals surface area contributed by atoms with Crippen LogP contribution in [0.1, 0.15) is 13.8 Å². The molecule has 8 heteroatoms. The molecule has 0 aliphatic carbocycles. The summed E-state index contributed by atoms with van der Waals surface area (Å²) in [7, 11) is 0. The number of rotatable bonds is 1. The highest BCUT2D eigenvalue weighted by atomic mass is 16.3. The minimum absolute atomic E-state index is 0.0755.